The van der Waals surface area contributed by atoms with E-state index in [0.717, 1.165) is 18.8 Å². The summed E-state index contributed by atoms with van der Waals surface area (Å²) in [6.07, 6.45) is 0.692. The van der Waals surface area contributed by atoms with Crippen LogP contribution in [-0.2, 0) is 4.74 Å². The fourth-order valence-corrected chi connectivity index (χ4v) is 3.07. The van der Waals surface area contributed by atoms with Crippen molar-refractivity contribution in [3.63, 3.8) is 0 Å². The summed E-state index contributed by atoms with van der Waals surface area (Å²) in [4.78, 5) is 25.8. The molecule has 0 aliphatic carbocycles. The van der Waals surface area contributed by atoms with Crippen LogP contribution in [0.25, 0.3) is 0 Å². The van der Waals surface area contributed by atoms with Crippen molar-refractivity contribution in [3.8, 4) is 11.5 Å². The number of ether oxygens (including phenoxy) is 3. The van der Waals surface area contributed by atoms with Gasteiger partial charge in [-0.1, -0.05) is 18.2 Å². The third-order valence-corrected chi connectivity index (χ3v) is 4.66. The number of hydrogen-bond acceptors (Lipinski definition) is 7. The molecule has 0 heterocycles. The molecule has 1 N–H and O–H groups in total. The van der Waals surface area contributed by atoms with Crippen molar-refractivity contribution in [1.82, 2.24) is 5.32 Å². The van der Waals surface area contributed by atoms with Crippen LogP contribution >= 0.6 is 0 Å². The van der Waals surface area contributed by atoms with Crippen molar-refractivity contribution in [2.45, 2.75) is 13.3 Å². The Morgan fingerprint density at radius 3 is 2.48 bits per heavy atom. The van der Waals surface area contributed by atoms with Gasteiger partial charge >= 0.3 is 0 Å². The van der Waals surface area contributed by atoms with Gasteiger partial charge < -0.3 is 24.4 Å². The van der Waals surface area contributed by atoms with Crippen LogP contribution in [0.1, 0.15) is 23.7 Å². The first kappa shape index (κ1) is 23.9. The van der Waals surface area contributed by atoms with Crippen LogP contribution in [0.2, 0.25) is 0 Å². The van der Waals surface area contributed by atoms with Crippen LogP contribution in [0.3, 0.4) is 0 Å². The minimum atomic E-state index is -0.605. The van der Waals surface area contributed by atoms with Crippen LogP contribution in [0.15, 0.2) is 42.5 Å². The SMILES string of the molecule is CCN(CCCNC(=O)c1cc(OC)c(OCCOC)cc1[N+](=O)[O-])c1ccccc1. The lowest BCUT2D eigenvalue weighted by Gasteiger charge is -2.23. The second-order valence-corrected chi connectivity index (χ2v) is 6.64. The lowest BCUT2D eigenvalue weighted by Crippen LogP contribution is -2.30. The lowest BCUT2D eigenvalue weighted by molar-refractivity contribution is -0.385. The Bertz CT molecular complexity index is 860. The third-order valence-electron chi connectivity index (χ3n) is 4.66. The first-order chi connectivity index (χ1) is 15.0. The second-order valence-electron chi connectivity index (χ2n) is 6.64. The fourth-order valence-electron chi connectivity index (χ4n) is 3.07. The van der Waals surface area contributed by atoms with Gasteiger partial charge in [-0.2, -0.15) is 0 Å². The molecule has 0 spiro atoms. The maximum atomic E-state index is 12.6. The van der Waals surface area contributed by atoms with Gasteiger partial charge in [-0.3, -0.25) is 14.9 Å². The smallest absolute Gasteiger partial charge is 0.286 e. The van der Waals surface area contributed by atoms with Crippen LogP contribution in [0.4, 0.5) is 11.4 Å². The third kappa shape index (κ3) is 6.85. The van der Waals surface area contributed by atoms with Crippen molar-refractivity contribution in [2.75, 3.05) is 52.0 Å². The molecule has 9 heteroatoms. The summed E-state index contributed by atoms with van der Waals surface area (Å²) < 4.78 is 15.6. The Morgan fingerprint density at radius 1 is 1.13 bits per heavy atom. The number of hydrogen-bond donors (Lipinski definition) is 1. The average molecular weight is 431 g/mol. The van der Waals surface area contributed by atoms with Gasteiger partial charge in [-0.05, 0) is 25.5 Å². The monoisotopic (exact) mass is 431 g/mol. The molecule has 0 unspecified atom stereocenters. The van der Waals surface area contributed by atoms with Gasteiger partial charge in [0.05, 0.1) is 24.7 Å². The van der Waals surface area contributed by atoms with Crippen LogP contribution in [0, 0.1) is 10.1 Å². The summed E-state index contributed by atoms with van der Waals surface area (Å²) in [6.45, 7) is 4.55. The zero-order valence-corrected chi connectivity index (χ0v) is 18.1. The highest BCUT2D eigenvalue weighted by Gasteiger charge is 2.24. The maximum absolute atomic E-state index is 12.6. The van der Waals surface area contributed by atoms with E-state index in [-0.39, 0.29) is 29.4 Å². The highest BCUT2D eigenvalue weighted by Crippen LogP contribution is 2.34. The molecule has 0 aliphatic rings. The Balaban J connectivity index is 2.03. The van der Waals surface area contributed by atoms with E-state index in [9.17, 15) is 14.9 Å². The first-order valence-corrected chi connectivity index (χ1v) is 10.1. The number of para-hydroxylation sites is 1. The van der Waals surface area contributed by atoms with Crippen molar-refractivity contribution in [2.24, 2.45) is 0 Å². The average Bonchev–Trinajstić information content (AvgIpc) is 2.79. The standard InChI is InChI=1S/C22H29N3O6/c1-4-24(17-9-6-5-7-10-17)12-8-11-23-22(26)18-15-20(30-3)21(31-14-13-29-2)16-19(18)25(27)28/h5-7,9-10,15-16H,4,8,11-14H2,1-3H3,(H,23,26). The molecule has 0 atom stereocenters. The molecule has 0 fully saturated rings. The van der Waals surface area contributed by atoms with E-state index < -0.39 is 10.8 Å². The minimum absolute atomic E-state index is 0.0728. The Morgan fingerprint density at radius 2 is 1.87 bits per heavy atom. The summed E-state index contributed by atoms with van der Waals surface area (Å²) in [7, 11) is 2.94. The first-order valence-electron chi connectivity index (χ1n) is 10.1. The van der Waals surface area contributed by atoms with E-state index in [4.69, 9.17) is 14.2 Å². The Hall–Kier alpha value is -3.33. The van der Waals surface area contributed by atoms with Gasteiger partial charge in [-0.25, -0.2) is 0 Å². The number of nitro benzene ring substituents is 1. The van der Waals surface area contributed by atoms with Gasteiger partial charge in [-0.15, -0.1) is 0 Å². The predicted octanol–water partition coefficient (Wildman–Crippen LogP) is 3.28. The number of anilines is 1. The van der Waals surface area contributed by atoms with E-state index in [1.54, 1.807) is 0 Å². The molecule has 0 radical (unpaired) electrons. The van der Waals surface area contributed by atoms with Gasteiger partial charge in [0.2, 0.25) is 0 Å². The van der Waals surface area contributed by atoms with Crippen molar-refractivity contribution in [1.29, 1.82) is 0 Å². The molecule has 31 heavy (non-hydrogen) atoms. The fraction of sp³-hybridized carbons (Fsp3) is 0.409. The number of benzene rings is 2. The maximum Gasteiger partial charge on any atom is 0.286 e. The number of methoxy groups -OCH3 is 2. The molecule has 2 aromatic rings. The normalized spacial score (nSPS) is 10.4. The molecule has 0 saturated heterocycles. The molecule has 0 aliphatic heterocycles. The molecule has 0 bridgehead atoms. The number of carbonyl (C=O) groups is 1. The van der Waals surface area contributed by atoms with E-state index in [0.29, 0.717) is 19.6 Å². The quantitative estimate of drug-likeness (QED) is 0.295. The highest BCUT2D eigenvalue weighted by molar-refractivity contribution is 5.99. The number of amides is 1. The molecule has 168 valence electrons. The largest absolute Gasteiger partial charge is 0.493 e. The van der Waals surface area contributed by atoms with Crippen LogP contribution in [0.5, 0.6) is 11.5 Å². The van der Waals surface area contributed by atoms with Crippen LogP contribution < -0.4 is 19.7 Å². The molecule has 2 rings (SSSR count). The molecule has 1 amide bonds. The molecular weight excluding hydrogens is 402 g/mol. The number of carbonyl (C=O) groups excluding carboxylic acids is 1. The number of nitrogens with zero attached hydrogens (tertiary/aromatic N) is 2. The molecule has 0 saturated carbocycles. The highest BCUT2D eigenvalue weighted by atomic mass is 16.6. The van der Waals surface area contributed by atoms with Crippen molar-refractivity contribution < 1.29 is 23.9 Å². The van der Waals surface area contributed by atoms with E-state index in [2.05, 4.69) is 17.1 Å². The molecule has 0 aromatic heterocycles. The zero-order chi connectivity index (χ0) is 22.6. The Kier molecular flexibility index (Phi) is 9.57. The minimum Gasteiger partial charge on any atom is -0.493 e. The lowest BCUT2D eigenvalue weighted by atomic mass is 10.1. The summed E-state index contributed by atoms with van der Waals surface area (Å²) in [5.74, 6) is -0.103. The molecular formula is C22H29N3O6. The van der Waals surface area contributed by atoms with E-state index in [1.807, 2.05) is 30.3 Å². The summed E-state index contributed by atoms with van der Waals surface area (Å²) in [5.41, 5.74) is 0.697. The van der Waals surface area contributed by atoms with E-state index in [1.165, 1.54) is 26.4 Å². The summed E-state index contributed by atoms with van der Waals surface area (Å²) in [5, 5.41) is 14.3. The summed E-state index contributed by atoms with van der Waals surface area (Å²) in [6, 6.07) is 12.5. The summed E-state index contributed by atoms with van der Waals surface area (Å²) >= 11 is 0. The predicted molar refractivity (Wildman–Crippen MR) is 118 cm³/mol. The Labute approximate surface area is 182 Å². The number of rotatable bonds is 13. The van der Waals surface area contributed by atoms with Crippen molar-refractivity contribution >= 4 is 17.3 Å². The molecule has 9 nitrogen and oxygen atoms in total. The van der Waals surface area contributed by atoms with Gasteiger partial charge in [0.25, 0.3) is 11.6 Å². The second kappa shape index (κ2) is 12.4. The van der Waals surface area contributed by atoms with Crippen LogP contribution in [-0.4, -0.2) is 57.9 Å². The number of nitrogens with one attached hydrogen (secondary N) is 1. The topological polar surface area (TPSA) is 103 Å². The zero-order valence-electron chi connectivity index (χ0n) is 18.1. The van der Waals surface area contributed by atoms with E-state index >= 15 is 0 Å². The van der Waals surface area contributed by atoms with Crippen molar-refractivity contribution in [3.05, 3.63) is 58.1 Å². The van der Waals surface area contributed by atoms with Gasteiger partial charge in [0, 0.05) is 38.5 Å². The van der Waals surface area contributed by atoms with Gasteiger partial charge in [0.15, 0.2) is 11.5 Å². The molecule has 2 aromatic carbocycles. The van der Waals surface area contributed by atoms with Gasteiger partial charge in [0.1, 0.15) is 12.2 Å². The number of nitro groups is 1.